The van der Waals surface area contributed by atoms with Gasteiger partial charge in [0.05, 0.1) is 5.57 Å². The minimum atomic E-state index is -1.88. The van der Waals surface area contributed by atoms with Crippen molar-refractivity contribution in [3.05, 3.63) is 23.8 Å². The van der Waals surface area contributed by atoms with Gasteiger partial charge in [0, 0.05) is 0 Å². The Bertz CT molecular complexity index is 480. The molecule has 2 aliphatic rings. The molecule has 84 valence electrons. The Morgan fingerprint density at radius 3 is 2.50 bits per heavy atom. The highest BCUT2D eigenvalue weighted by Gasteiger charge is 2.55. The molecular formula is C9H4Cl2O5. The molecule has 2 unspecified atom stereocenters. The lowest BCUT2D eigenvalue weighted by molar-refractivity contribution is -0.151. The van der Waals surface area contributed by atoms with E-state index in [-0.39, 0.29) is 5.57 Å². The molecule has 0 saturated carbocycles. The normalized spacial score (nSPS) is 36.8. The molecule has 1 heterocycles. The Hall–Kier alpha value is -1.33. The number of ether oxygens (including phenoxy) is 1. The summed E-state index contributed by atoms with van der Waals surface area (Å²) < 4.78 is 4.30. The molecule has 0 aromatic heterocycles. The molecule has 7 heteroatoms. The van der Waals surface area contributed by atoms with Gasteiger partial charge in [-0.3, -0.25) is 0 Å². The van der Waals surface area contributed by atoms with Crippen LogP contribution in [0.3, 0.4) is 0 Å². The maximum Gasteiger partial charge on any atom is 0.344 e. The molecule has 0 bridgehead atoms. The van der Waals surface area contributed by atoms with Gasteiger partial charge in [0.2, 0.25) is 0 Å². The minimum absolute atomic E-state index is 0.265. The van der Waals surface area contributed by atoms with E-state index in [0.29, 0.717) is 0 Å². The number of halogens is 2. The van der Waals surface area contributed by atoms with Crippen molar-refractivity contribution in [2.75, 3.05) is 0 Å². The van der Waals surface area contributed by atoms with E-state index in [4.69, 9.17) is 28.3 Å². The lowest BCUT2D eigenvalue weighted by Crippen LogP contribution is -2.37. The van der Waals surface area contributed by atoms with Crippen molar-refractivity contribution in [2.24, 2.45) is 0 Å². The second-order valence-corrected chi connectivity index (χ2v) is 4.57. The Morgan fingerprint density at radius 1 is 1.31 bits per heavy atom. The van der Waals surface area contributed by atoms with Crippen molar-refractivity contribution in [1.82, 2.24) is 0 Å². The number of fused-ring (bicyclic) bond motifs is 1. The Morgan fingerprint density at radius 2 is 1.94 bits per heavy atom. The number of esters is 2. The first-order chi connectivity index (χ1) is 7.29. The SMILES string of the molecule is O=C1OC(=O)C2(Cl)C=CC(Cl)(C(=O)O)C=C12. The summed E-state index contributed by atoms with van der Waals surface area (Å²) in [6, 6.07) is 0. The van der Waals surface area contributed by atoms with E-state index in [2.05, 4.69) is 4.74 Å². The summed E-state index contributed by atoms with van der Waals surface area (Å²) in [5, 5.41) is 8.85. The topological polar surface area (TPSA) is 80.7 Å². The van der Waals surface area contributed by atoms with Gasteiger partial charge in [-0.15, -0.1) is 0 Å². The van der Waals surface area contributed by atoms with Crippen LogP contribution in [0.5, 0.6) is 0 Å². The third-order valence-corrected chi connectivity index (χ3v) is 3.21. The van der Waals surface area contributed by atoms with Gasteiger partial charge in [-0.1, -0.05) is 23.2 Å². The molecule has 5 nitrogen and oxygen atoms in total. The van der Waals surface area contributed by atoms with E-state index in [1.807, 2.05) is 0 Å². The van der Waals surface area contributed by atoms with Crippen molar-refractivity contribution >= 4 is 41.1 Å². The molecular weight excluding hydrogens is 259 g/mol. The largest absolute Gasteiger partial charge is 0.479 e. The molecule has 0 aromatic rings. The molecule has 0 radical (unpaired) electrons. The van der Waals surface area contributed by atoms with Gasteiger partial charge in [0.15, 0.2) is 9.75 Å². The third-order valence-electron chi connectivity index (χ3n) is 2.33. The van der Waals surface area contributed by atoms with Gasteiger partial charge in [-0.25, -0.2) is 14.4 Å². The summed E-state index contributed by atoms with van der Waals surface area (Å²) in [5.74, 6) is -3.30. The Labute approximate surface area is 99.3 Å². The molecule has 0 amide bonds. The molecule has 1 aliphatic heterocycles. The lowest BCUT2D eigenvalue weighted by atomic mass is 9.89. The van der Waals surface area contributed by atoms with Crippen molar-refractivity contribution in [3.63, 3.8) is 0 Å². The second-order valence-electron chi connectivity index (χ2n) is 3.35. The molecule has 0 aromatic carbocycles. The predicted molar refractivity (Wildman–Crippen MR) is 53.1 cm³/mol. The Kier molecular flexibility index (Phi) is 2.15. The molecule has 16 heavy (non-hydrogen) atoms. The summed E-state index contributed by atoms with van der Waals surface area (Å²) in [5.41, 5.74) is -0.265. The fourth-order valence-electron chi connectivity index (χ4n) is 1.42. The molecule has 1 aliphatic carbocycles. The molecule has 1 saturated heterocycles. The first-order valence-electron chi connectivity index (χ1n) is 4.11. The van der Waals surface area contributed by atoms with E-state index < -0.39 is 27.7 Å². The number of carbonyl (C=O) groups excluding carboxylic acids is 2. The quantitative estimate of drug-likeness (QED) is 0.324. The zero-order chi connectivity index (χ0) is 12.1. The summed E-state index contributed by atoms with van der Waals surface area (Å²) >= 11 is 11.6. The fourth-order valence-corrected chi connectivity index (χ4v) is 1.83. The standard InChI is InChI=1S/C9H4Cl2O5/c10-8(6(13)14)1-2-9(11)4(3-8)5(12)16-7(9)15/h1-3H,(H,13,14). The van der Waals surface area contributed by atoms with Crippen molar-refractivity contribution in [1.29, 1.82) is 0 Å². The zero-order valence-electron chi connectivity index (χ0n) is 7.57. The lowest BCUT2D eigenvalue weighted by Gasteiger charge is -2.23. The predicted octanol–water partition coefficient (Wildman–Crippen LogP) is 0.606. The van der Waals surface area contributed by atoms with Crippen LogP contribution in [0.1, 0.15) is 0 Å². The summed E-state index contributed by atoms with van der Waals surface area (Å²) in [4.78, 5) is 29.7. The van der Waals surface area contributed by atoms with Crippen molar-refractivity contribution in [3.8, 4) is 0 Å². The van der Waals surface area contributed by atoms with Crippen LogP contribution < -0.4 is 0 Å². The number of alkyl halides is 2. The smallest absolute Gasteiger partial charge is 0.344 e. The average molecular weight is 263 g/mol. The number of carboxylic acid groups (broad SMARTS) is 1. The van der Waals surface area contributed by atoms with Crippen LogP contribution in [0.4, 0.5) is 0 Å². The van der Waals surface area contributed by atoms with Crippen LogP contribution in [-0.4, -0.2) is 32.8 Å². The highest BCUT2D eigenvalue weighted by Crippen LogP contribution is 2.42. The number of carbonyl (C=O) groups is 3. The number of cyclic esters (lactones) is 2. The first kappa shape index (κ1) is 11.2. The molecule has 0 spiro atoms. The van der Waals surface area contributed by atoms with Crippen LogP contribution in [0.2, 0.25) is 0 Å². The van der Waals surface area contributed by atoms with Gasteiger partial charge >= 0.3 is 17.9 Å². The fraction of sp³-hybridized carbons (Fsp3) is 0.222. The molecule has 2 atom stereocenters. The average Bonchev–Trinajstić information content (AvgIpc) is 2.41. The first-order valence-corrected chi connectivity index (χ1v) is 4.87. The van der Waals surface area contributed by atoms with Crippen molar-refractivity contribution < 1.29 is 24.2 Å². The number of hydrogen-bond acceptors (Lipinski definition) is 4. The Balaban J connectivity index is 2.57. The van der Waals surface area contributed by atoms with E-state index in [1.165, 1.54) is 0 Å². The maximum atomic E-state index is 11.3. The van der Waals surface area contributed by atoms with Crippen LogP contribution in [0.25, 0.3) is 0 Å². The monoisotopic (exact) mass is 262 g/mol. The number of rotatable bonds is 1. The van der Waals surface area contributed by atoms with Gasteiger partial charge in [-0.05, 0) is 18.2 Å². The highest BCUT2D eigenvalue weighted by atomic mass is 35.5. The molecule has 2 rings (SSSR count). The van der Waals surface area contributed by atoms with Gasteiger partial charge < -0.3 is 9.84 Å². The maximum absolute atomic E-state index is 11.3. The van der Waals surface area contributed by atoms with Gasteiger partial charge in [-0.2, -0.15) is 0 Å². The minimum Gasteiger partial charge on any atom is -0.479 e. The van der Waals surface area contributed by atoms with Crippen LogP contribution in [0.15, 0.2) is 23.8 Å². The zero-order valence-corrected chi connectivity index (χ0v) is 9.08. The van der Waals surface area contributed by atoms with E-state index >= 15 is 0 Å². The van der Waals surface area contributed by atoms with E-state index in [9.17, 15) is 14.4 Å². The highest BCUT2D eigenvalue weighted by molar-refractivity contribution is 6.45. The van der Waals surface area contributed by atoms with Gasteiger partial charge in [0.1, 0.15) is 0 Å². The number of hydrogen-bond donors (Lipinski definition) is 1. The summed E-state index contributed by atoms with van der Waals surface area (Å²) in [6.07, 6.45) is 3.00. The number of carboxylic acids is 1. The third kappa shape index (κ3) is 1.28. The van der Waals surface area contributed by atoms with Crippen molar-refractivity contribution in [2.45, 2.75) is 9.75 Å². The summed E-state index contributed by atoms with van der Waals surface area (Å²) in [6.45, 7) is 0. The molecule has 1 N–H and O–H groups in total. The molecule has 1 fully saturated rings. The van der Waals surface area contributed by atoms with Crippen LogP contribution in [0, 0.1) is 0 Å². The number of aliphatic carboxylic acids is 1. The van der Waals surface area contributed by atoms with Crippen LogP contribution >= 0.6 is 23.2 Å². The second kappa shape index (κ2) is 3.09. The van der Waals surface area contributed by atoms with Crippen LogP contribution in [-0.2, 0) is 19.1 Å². The summed E-state index contributed by atoms with van der Waals surface area (Å²) in [7, 11) is 0. The van der Waals surface area contributed by atoms with E-state index in [0.717, 1.165) is 18.2 Å². The van der Waals surface area contributed by atoms with Gasteiger partial charge in [0.25, 0.3) is 0 Å². The van der Waals surface area contributed by atoms with E-state index in [1.54, 1.807) is 0 Å².